The quantitative estimate of drug-likeness (QED) is 0.524. The Morgan fingerprint density at radius 1 is 1.17 bits per heavy atom. The largest absolute Gasteiger partial charge is 0.393 e. The SMILES string of the molecule is N#CN1CCN2CCN(C3CCC(Cl)C(C(F)(F)F)C3)C(=O)[C@H]2C1. The Hall–Kier alpha value is -1.20. The molecule has 134 valence electrons. The second-order valence-electron chi connectivity index (χ2n) is 6.76. The lowest BCUT2D eigenvalue weighted by atomic mass is 9.83. The van der Waals surface area contributed by atoms with E-state index in [2.05, 4.69) is 6.19 Å². The van der Waals surface area contributed by atoms with Crippen molar-refractivity contribution in [1.29, 1.82) is 5.26 Å². The third-order valence-corrected chi connectivity index (χ3v) is 5.95. The summed E-state index contributed by atoms with van der Waals surface area (Å²) in [5, 5.41) is 8.11. The first kappa shape index (κ1) is 17.6. The van der Waals surface area contributed by atoms with Crippen molar-refractivity contribution in [2.45, 2.75) is 42.9 Å². The van der Waals surface area contributed by atoms with Crippen molar-refractivity contribution in [3.8, 4) is 6.19 Å². The van der Waals surface area contributed by atoms with E-state index in [0.29, 0.717) is 39.1 Å². The standard InChI is InChI=1S/C15H20ClF3N4O/c16-12-2-1-10(7-11(12)15(17,18)19)23-6-5-22-4-3-21(9-20)8-13(22)14(23)24/h10-13H,1-8H2/t10?,11?,12?,13-/m1/s1. The average Bonchev–Trinajstić information content (AvgIpc) is 2.55. The van der Waals surface area contributed by atoms with Crippen LogP contribution in [0.4, 0.5) is 13.2 Å². The van der Waals surface area contributed by atoms with Gasteiger partial charge in [0.05, 0.1) is 12.5 Å². The number of nitrogens with zero attached hydrogens (tertiary/aromatic N) is 4. The lowest BCUT2D eigenvalue weighted by molar-refractivity contribution is -0.188. The highest BCUT2D eigenvalue weighted by Crippen LogP contribution is 2.42. The molecule has 0 aromatic rings. The van der Waals surface area contributed by atoms with Crippen molar-refractivity contribution in [2.24, 2.45) is 5.92 Å². The number of halogens is 4. The number of carbonyl (C=O) groups excluding carboxylic acids is 1. The molecule has 0 aromatic heterocycles. The van der Waals surface area contributed by atoms with Crippen molar-refractivity contribution in [1.82, 2.24) is 14.7 Å². The van der Waals surface area contributed by atoms with Gasteiger partial charge < -0.3 is 9.80 Å². The topological polar surface area (TPSA) is 50.6 Å². The van der Waals surface area contributed by atoms with Crippen LogP contribution in [0.5, 0.6) is 0 Å². The summed E-state index contributed by atoms with van der Waals surface area (Å²) < 4.78 is 39.5. The van der Waals surface area contributed by atoms with E-state index in [9.17, 15) is 18.0 Å². The average molecular weight is 365 g/mol. The number of amides is 1. The second kappa shape index (κ2) is 6.60. The molecule has 3 aliphatic rings. The molecule has 2 heterocycles. The molecule has 0 aromatic carbocycles. The third-order valence-electron chi connectivity index (χ3n) is 5.43. The van der Waals surface area contributed by atoms with E-state index in [1.807, 2.05) is 4.90 Å². The maximum Gasteiger partial charge on any atom is 0.393 e. The van der Waals surface area contributed by atoms with Crippen LogP contribution in [-0.2, 0) is 4.79 Å². The summed E-state index contributed by atoms with van der Waals surface area (Å²) in [6.45, 7) is 2.64. The Morgan fingerprint density at radius 3 is 2.54 bits per heavy atom. The number of piperazine rings is 2. The van der Waals surface area contributed by atoms with Gasteiger partial charge in [-0.15, -0.1) is 11.6 Å². The highest BCUT2D eigenvalue weighted by molar-refractivity contribution is 6.20. The normalized spacial score (nSPS) is 35.5. The van der Waals surface area contributed by atoms with Crippen LogP contribution in [0.2, 0.25) is 0 Å². The minimum atomic E-state index is -4.33. The molecule has 2 aliphatic heterocycles. The van der Waals surface area contributed by atoms with E-state index < -0.39 is 29.6 Å². The summed E-state index contributed by atoms with van der Waals surface area (Å²) >= 11 is 5.88. The lowest BCUT2D eigenvalue weighted by Crippen LogP contribution is -2.66. The first-order chi connectivity index (χ1) is 11.3. The van der Waals surface area contributed by atoms with E-state index in [1.54, 1.807) is 4.90 Å². The van der Waals surface area contributed by atoms with Gasteiger partial charge in [-0.25, -0.2) is 0 Å². The zero-order valence-electron chi connectivity index (χ0n) is 13.2. The van der Waals surface area contributed by atoms with E-state index in [4.69, 9.17) is 16.9 Å². The van der Waals surface area contributed by atoms with Gasteiger partial charge in [-0.1, -0.05) is 0 Å². The number of fused-ring (bicyclic) bond motifs is 1. The molecule has 1 aliphatic carbocycles. The zero-order chi connectivity index (χ0) is 17.5. The Morgan fingerprint density at radius 2 is 1.88 bits per heavy atom. The summed E-state index contributed by atoms with van der Waals surface area (Å²) in [7, 11) is 0. The monoisotopic (exact) mass is 364 g/mol. The smallest absolute Gasteiger partial charge is 0.337 e. The Labute approximate surface area is 143 Å². The highest BCUT2D eigenvalue weighted by atomic mass is 35.5. The van der Waals surface area contributed by atoms with E-state index >= 15 is 0 Å². The summed E-state index contributed by atoms with van der Waals surface area (Å²) in [5.74, 6) is -1.72. The molecule has 24 heavy (non-hydrogen) atoms. The van der Waals surface area contributed by atoms with Gasteiger partial charge in [0.2, 0.25) is 5.91 Å². The molecule has 3 rings (SSSR count). The Balaban J connectivity index is 1.71. The van der Waals surface area contributed by atoms with Crippen LogP contribution < -0.4 is 0 Å². The van der Waals surface area contributed by atoms with E-state index in [-0.39, 0.29) is 18.7 Å². The molecule has 0 bridgehead atoms. The second-order valence-corrected chi connectivity index (χ2v) is 7.32. The van der Waals surface area contributed by atoms with Crippen LogP contribution >= 0.6 is 11.6 Å². The summed E-state index contributed by atoms with van der Waals surface area (Å²) in [6.07, 6.45) is -1.64. The summed E-state index contributed by atoms with van der Waals surface area (Å²) in [5.41, 5.74) is 0. The molecule has 0 N–H and O–H groups in total. The predicted molar refractivity (Wildman–Crippen MR) is 81.1 cm³/mol. The molecule has 4 atom stereocenters. The van der Waals surface area contributed by atoms with Gasteiger partial charge in [0, 0.05) is 37.6 Å². The first-order valence-electron chi connectivity index (χ1n) is 8.21. The van der Waals surface area contributed by atoms with Crippen molar-refractivity contribution < 1.29 is 18.0 Å². The van der Waals surface area contributed by atoms with Crippen molar-refractivity contribution in [2.75, 3.05) is 32.7 Å². The van der Waals surface area contributed by atoms with Crippen LogP contribution in [0.25, 0.3) is 0 Å². The number of rotatable bonds is 1. The fraction of sp³-hybridized carbons (Fsp3) is 0.867. The van der Waals surface area contributed by atoms with Crippen LogP contribution in [0.3, 0.4) is 0 Å². The van der Waals surface area contributed by atoms with Gasteiger partial charge in [-0.3, -0.25) is 9.69 Å². The first-order valence-corrected chi connectivity index (χ1v) is 8.65. The fourth-order valence-corrected chi connectivity index (χ4v) is 4.42. The highest BCUT2D eigenvalue weighted by Gasteiger charge is 2.50. The zero-order valence-corrected chi connectivity index (χ0v) is 13.9. The Bertz CT molecular complexity index is 538. The number of hydrogen-bond donors (Lipinski definition) is 0. The molecule has 3 unspecified atom stereocenters. The van der Waals surface area contributed by atoms with Crippen molar-refractivity contribution in [3.63, 3.8) is 0 Å². The van der Waals surface area contributed by atoms with Crippen LogP contribution in [-0.4, -0.2) is 77.0 Å². The molecule has 0 spiro atoms. The van der Waals surface area contributed by atoms with E-state index in [1.165, 1.54) is 4.90 Å². The molecular weight excluding hydrogens is 345 g/mol. The molecule has 1 saturated carbocycles. The van der Waals surface area contributed by atoms with Crippen molar-refractivity contribution >= 4 is 17.5 Å². The van der Waals surface area contributed by atoms with Gasteiger partial charge in [0.25, 0.3) is 0 Å². The maximum absolute atomic E-state index is 13.2. The third kappa shape index (κ3) is 3.29. The van der Waals surface area contributed by atoms with E-state index in [0.717, 1.165) is 0 Å². The van der Waals surface area contributed by atoms with Gasteiger partial charge in [0.1, 0.15) is 6.04 Å². The number of hydrogen-bond acceptors (Lipinski definition) is 4. The number of alkyl halides is 4. The maximum atomic E-state index is 13.2. The van der Waals surface area contributed by atoms with Gasteiger partial charge in [-0.05, 0) is 19.3 Å². The molecule has 3 fully saturated rings. The van der Waals surface area contributed by atoms with Crippen LogP contribution in [0.15, 0.2) is 0 Å². The van der Waals surface area contributed by atoms with Crippen molar-refractivity contribution in [3.05, 3.63) is 0 Å². The predicted octanol–water partition coefficient (Wildman–Crippen LogP) is 1.63. The molecule has 5 nitrogen and oxygen atoms in total. The van der Waals surface area contributed by atoms with Crippen LogP contribution in [0, 0.1) is 17.4 Å². The molecule has 9 heteroatoms. The minimum absolute atomic E-state index is 0.127. The van der Waals surface area contributed by atoms with Gasteiger partial charge in [-0.2, -0.15) is 18.4 Å². The van der Waals surface area contributed by atoms with Crippen LogP contribution in [0.1, 0.15) is 19.3 Å². The van der Waals surface area contributed by atoms with Gasteiger partial charge >= 0.3 is 6.18 Å². The summed E-state index contributed by atoms with van der Waals surface area (Å²) in [4.78, 5) is 18.0. The van der Waals surface area contributed by atoms with Gasteiger partial charge in [0.15, 0.2) is 6.19 Å². The number of nitriles is 1. The lowest BCUT2D eigenvalue weighted by Gasteiger charge is -2.49. The molecular formula is C15H20ClF3N4O. The molecule has 2 saturated heterocycles. The molecule has 0 radical (unpaired) electrons. The Kier molecular flexibility index (Phi) is 4.85. The number of carbonyl (C=O) groups is 1. The fourth-order valence-electron chi connectivity index (χ4n) is 4.05. The molecule has 1 amide bonds. The minimum Gasteiger partial charge on any atom is -0.337 e. The summed E-state index contributed by atoms with van der Waals surface area (Å²) in [6, 6.07) is -0.844.